The molecule has 0 saturated carbocycles. The van der Waals surface area contributed by atoms with Gasteiger partial charge in [-0.3, -0.25) is 4.79 Å². The number of amides is 1. The van der Waals surface area contributed by atoms with Crippen molar-refractivity contribution in [3.05, 3.63) is 24.0 Å². The van der Waals surface area contributed by atoms with Crippen LogP contribution in [0.3, 0.4) is 0 Å². The normalized spacial score (nSPS) is 17.4. The van der Waals surface area contributed by atoms with Crippen molar-refractivity contribution in [3.8, 4) is 0 Å². The first-order chi connectivity index (χ1) is 7.81. The molecule has 1 amide bonds. The average molecular weight is 240 g/mol. The van der Waals surface area contributed by atoms with E-state index in [4.69, 9.17) is 11.6 Å². The summed E-state index contributed by atoms with van der Waals surface area (Å²) in [6.45, 7) is 1.58. The molecule has 0 radical (unpaired) electrons. The van der Waals surface area contributed by atoms with Crippen molar-refractivity contribution in [1.29, 1.82) is 0 Å². The molecule has 1 fully saturated rings. The molecule has 5 heteroatoms. The third-order valence-corrected chi connectivity index (χ3v) is 3.39. The average Bonchev–Trinajstić information content (AvgIpc) is 2.39. The van der Waals surface area contributed by atoms with Crippen LogP contribution in [0.25, 0.3) is 0 Å². The zero-order chi connectivity index (χ0) is 11.4. The predicted octanol–water partition coefficient (Wildman–Crippen LogP) is 1.57. The minimum Gasteiger partial charge on any atom is -0.339 e. The lowest BCUT2D eigenvalue weighted by Crippen LogP contribution is -2.38. The van der Waals surface area contributed by atoms with E-state index in [2.05, 4.69) is 10.2 Å². The number of carbonyl (C=O) groups is 1. The molecule has 1 aromatic heterocycles. The lowest BCUT2D eigenvalue weighted by atomic mass is 9.98. The summed E-state index contributed by atoms with van der Waals surface area (Å²) in [7, 11) is 0. The Balaban J connectivity index is 1.97. The molecule has 0 aliphatic carbocycles. The SMILES string of the molecule is O=C(c1ccnnc1)N1CCC(CCl)CC1. The number of halogens is 1. The van der Waals surface area contributed by atoms with E-state index in [1.807, 2.05) is 4.90 Å². The molecule has 4 nitrogen and oxygen atoms in total. The van der Waals surface area contributed by atoms with Gasteiger partial charge in [-0.05, 0) is 24.8 Å². The molecule has 2 heterocycles. The van der Waals surface area contributed by atoms with Gasteiger partial charge in [0, 0.05) is 19.0 Å². The molecule has 0 N–H and O–H groups in total. The highest BCUT2D eigenvalue weighted by Crippen LogP contribution is 2.19. The lowest BCUT2D eigenvalue weighted by Gasteiger charge is -2.31. The van der Waals surface area contributed by atoms with E-state index in [0.29, 0.717) is 17.4 Å². The van der Waals surface area contributed by atoms with Gasteiger partial charge in [0.1, 0.15) is 0 Å². The van der Waals surface area contributed by atoms with E-state index in [0.717, 1.165) is 25.9 Å². The Bertz CT molecular complexity index is 350. The van der Waals surface area contributed by atoms with Crippen LogP contribution in [0, 0.1) is 5.92 Å². The summed E-state index contributed by atoms with van der Waals surface area (Å²) in [5.74, 6) is 1.29. The predicted molar refractivity (Wildman–Crippen MR) is 61.4 cm³/mol. The van der Waals surface area contributed by atoms with Crippen molar-refractivity contribution in [2.75, 3.05) is 19.0 Å². The number of alkyl halides is 1. The Morgan fingerprint density at radius 2 is 2.19 bits per heavy atom. The van der Waals surface area contributed by atoms with Crippen LogP contribution in [0.2, 0.25) is 0 Å². The first-order valence-corrected chi connectivity index (χ1v) is 5.96. The molecule has 2 rings (SSSR count). The summed E-state index contributed by atoms with van der Waals surface area (Å²) in [6, 6.07) is 1.70. The first kappa shape index (κ1) is 11.3. The van der Waals surface area contributed by atoms with Gasteiger partial charge in [-0.15, -0.1) is 11.6 Å². The van der Waals surface area contributed by atoms with E-state index in [-0.39, 0.29) is 5.91 Å². The van der Waals surface area contributed by atoms with Crippen molar-refractivity contribution in [2.45, 2.75) is 12.8 Å². The Labute approximate surface area is 99.6 Å². The Morgan fingerprint density at radius 1 is 1.44 bits per heavy atom. The lowest BCUT2D eigenvalue weighted by molar-refractivity contribution is 0.0697. The molecule has 86 valence electrons. The number of carbonyl (C=O) groups excluding carboxylic acids is 1. The van der Waals surface area contributed by atoms with Crippen LogP contribution >= 0.6 is 11.6 Å². The van der Waals surface area contributed by atoms with Gasteiger partial charge in [0.05, 0.1) is 18.0 Å². The fourth-order valence-corrected chi connectivity index (χ4v) is 2.20. The fraction of sp³-hybridized carbons (Fsp3) is 0.545. The summed E-state index contributed by atoms with van der Waals surface area (Å²) in [5.41, 5.74) is 0.610. The van der Waals surface area contributed by atoms with Crippen LogP contribution < -0.4 is 0 Å². The maximum Gasteiger partial charge on any atom is 0.255 e. The number of aromatic nitrogens is 2. The summed E-state index contributed by atoms with van der Waals surface area (Å²) >= 11 is 5.80. The second-order valence-corrected chi connectivity index (χ2v) is 4.33. The van der Waals surface area contributed by atoms with Crippen LogP contribution in [0.4, 0.5) is 0 Å². The van der Waals surface area contributed by atoms with Gasteiger partial charge < -0.3 is 4.90 Å². The van der Waals surface area contributed by atoms with Gasteiger partial charge in [-0.25, -0.2) is 0 Å². The molecule has 0 unspecified atom stereocenters. The zero-order valence-corrected chi connectivity index (χ0v) is 9.73. The number of hydrogen-bond acceptors (Lipinski definition) is 3. The Morgan fingerprint density at radius 3 is 2.75 bits per heavy atom. The van der Waals surface area contributed by atoms with Crippen molar-refractivity contribution in [3.63, 3.8) is 0 Å². The van der Waals surface area contributed by atoms with Gasteiger partial charge >= 0.3 is 0 Å². The van der Waals surface area contributed by atoms with Crippen molar-refractivity contribution in [1.82, 2.24) is 15.1 Å². The molecule has 1 aliphatic heterocycles. The van der Waals surface area contributed by atoms with E-state index < -0.39 is 0 Å². The van der Waals surface area contributed by atoms with Crippen molar-refractivity contribution < 1.29 is 4.79 Å². The Hall–Kier alpha value is -1.16. The van der Waals surface area contributed by atoms with Crippen molar-refractivity contribution >= 4 is 17.5 Å². The minimum atomic E-state index is 0.0444. The summed E-state index contributed by atoms with van der Waals surface area (Å²) in [6.07, 6.45) is 5.04. The summed E-state index contributed by atoms with van der Waals surface area (Å²) < 4.78 is 0. The molecule has 0 spiro atoms. The van der Waals surface area contributed by atoms with Gasteiger partial charge in [-0.1, -0.05) is 0 Å². The standard InChI is InChI=1S/C11H14ClN3O/c12-7-9-2-5-15(6-3-9)11(16)10-1-4-13-14-8-10/h1,4,8-9H,2-3,5-7H2. The Kier molecular flexibility index (Phi) is 3.72. The smallest absolute Gasteiger partial charge is 0.255 e. The second kappa shape index (κ2) is 5.25. The van der Waals surface area contributed by atoms with E-state index >= 15 is 0 Å². The van der Waals surface area contributed by atoms with Crippen LogP contribution in [-0.4, -0.2) is 40.0 Å². The van der Waals surface area contributed by atoms with E-state index in [1.54, 1.807) is 12.3 Å². The number of rotatable bonds is 2. The van der Waals surface area contributed by atoms with Crippen molar-refractivity contribution in [2.24, 2.45) is 5.92 Å². The number of hydrogen-bond donors (Lipinski definition) is 0. The zero-order valence-electron chi connectivity index (χ0n) is 8.97. The second-order valence-electron chi connectivity index (χ2n) is 4.02. The molecule has 1 saturated heterocycles. The van der Waals surface area contributed by atoms with Crippen LogP contribution in [-0.2, 0) is 0 Å². The first-order valence-electron chi connectivity index (χ1n) is 5.43. The minimum absolute atomic E-state index is 0.0444. The molecule has 16 heavy (non-hydrogen) atoms. The fourth-order valence-electron chi connectivity index (χ4n) is 1.89. The van der Waals surface area contributed by atoms with E-state index in [1.165, 1.54) is 6.20 Å². The highest BCUT2D eigenvalue weighted by Gasteiger charge is 2.22. The maximum absolute atomic E-state index is 12.0. The summed E-state index contributed by atoms with van der Waals surface area (Å²) in [4.78, 5) is 13.9. The molecule has 1 aliphatic rings. The maximum atomic E-state index is 12.0. The third kappa shape index (κ3) is 2.50. The molecule has 0 bridgehead atoms. The topological polar surface area (TPSA) is 46.1 Å². The largest absolute Gasteiger partial charge is 0.339 e. The van der Waals surface area contributed by atoms with E-state index in [9.17, 15) is 4.79 Å². The number of piperidine rings is 1. The van der Waals surface area contributed by atoms with Crippen LogP contribution in [0.5, 0.6) is 0 Å². The van der Waals surface area contributed by atoms with Gasteiger partial charge in [0.15, 0.2) is 0 Å². The number of likely N-dealkylation sites (tertiary alicyclic amines) is 1. The molecular formula is C11H14ClN3O. The number of nitrogens with zero attached hydrogens (tertiary/aromatic N) is 3. The quantitative estimate of drug-likeness (QED) is 0.736. The molecule has 0 atom stereocenters. The monoisotopic (exact) mass is 239 g/mol. The molecule has 0 aromatic carbocycles. The van der Waals surface area contributed by atoms with Gasteiger partial charge in [-0.2, -0.15) is 10.2 Å². The molecular weight excluding hydrogens is 226 g/mol. The summed E-state index contributed by atoms with van der Waals surface area (Å²) in [5, 5.41) is 7.37. The third-order valence-electron chi connectivity index (χ3n) is 2.95. The van der Waals surface area contributed by atoms with Crippen LogP contribution in [0.1, 0.15) is 23.2 Å². The van der Waals surface area contributed by atoms with Gasteiger partial charge in [0.2, 0.25) is 0 Å². The highest BCUT2D eigenvalue weighted by molar-refractivity contribution is 6.18. The molecule has 1 aromatic rings. The highest BCUT2D eigenvalue weighted by atomic mass is 35.5. The van der Waals surface area contributed by atoms with Gasteiger partial charge in [0.25, 0.3) is 5.91 Å². The van der Waals surface area contributed by atoms with Crippen LogP contribution in [0.15, 0.2) is 18.5 Å².